The highest BCUT2D eigenvalue weighted by atomic mass is 16.5. The molecule has 36 heavy (non-hydrogen) atoms. The van der Waals surface area contributed by atoms with Gasteiger partial charge in [0.1, 0.15) is 5.75 Å². The van der Waals surface area contributed by atoms with Crippen molar-refractivity contribution in [1.82, 2.24) is 4.57 Å². The van der Waals surface area contributed by atoms with E-state index in [1.165, 1.54) is 16.7 Å². The summed E-state index contributed by atoms with van der Waals surface area (Å²) in [5.74, 6) is 1.01. The van der Waals surface area contributed by atoms with E-state index in [-0.39, 0.29) is 17.9 Å². The second-order valence-corrected chi connectivity index (χ2v) is 8.45. The molecule has 0 spiro atoms. The maximum absolute atomic E-state index is 12.6. The fourth-order valence-electron chi connectivity index (χ4n) is 4.23. The lowest BCUT2D eigenvalue weighted by Gasteiger charge is -2.20. The van der Waals surface area contributed by atoms with E-state index >= 15 is 0 Å². The Hall–Kier alpha value is -4.12. The third-order valence-electron chi connectivity index (χ3n) is 5.84. The molecule has 0 saturated carbocycles. The highest BCUT2D eigenvalue weighted by molar-refractivity contribution is 5.42. The van der Waals surface area contributed by atoms with Crippen molar-refractivity contribution >= 4 is 6.47 Å². The van der Waals surface area contributed by atoms with Gasteiger partial charge in [0.05, 0.1) is 6.61 Å². The lowest BCUT2D eigenvalue weighted by atomic mass is 9.86. The van der Waals surface area contributed by atoms with E-state index in [0.717, 1.165) is 37.2 Å². The number of rotatable bonds is 10. The van der Waals surface area contributed by atoms with Crippen molar-refractivity contribution in [2.45, 2.75) is 38.6 Å². The lowest BCUT2D eigenvalue weighted by molar-refractivity contribution is -0.122. The molecule has 1 heterocycles. The quantitative estimate of drug-likeness (QED) is 0.275. The van der Waals surface area contributed by atoms with Crippen LogP contribution in [0.15, 0.2) is 108 Å². The van der Waals surface area contributed by atoms with Crippen molar-refractivity contribution in [2.75, 3.05) is 6.61 Å². The van der Waals surface area contributed by atoms with Crippen molar-refractivity contribution in [3.05, 3.63) is 136 Å². The largest absolute Gasteiger partial charge is 0.494 e. The summed E-state index contributed by atoms with van der Waals surface area (Å²) in [5.41, 5.74) is 4.84. The smallest absolute Gasteiger partial charge is 0.290 e. The van der Waals surface area contributed by atoms with Gasteiger partial charge in [-0.05, 0) is 53.6 Å². The molecule has 0 amide bonds. The number of hydrogen-bond donors (Lipinski definition) is 1. The summed E-state index contributed by atoms with van der Waals surface area (Å²) < 4.78 is 7.60. The molecule has 1 aromatic heterocycles. The molecule has 0 saturated heterocycles. The van der Waals surface area contributed by atoms with E-state index in [0.29, 0.717) is 6.54 Å². The van der Waals surface area contributed by atoms with E-state index in [9.17, 15) is 4.79 Å². The van der Waals surface area contributed by atoms with Gasteiger partial charge in [-0.1, -0.05) is 85.8 Å². The standard InChI is InChI=1S/C30H31NO2.CH2O2/c1-2-21-33-28-17-9-11-24(22-28)12-10-20-31-23-27(18-19-29(31)32)30(25-13-5-3-6-14-25)26-15-7-4-8-16-26;2-1-3/h3-9,11,13-19,22-23,30H,2,10,12,20-21H2,1H3;1H,(H,2,3). The molecule has 4 aromatic rings. The number of nitrogens with zero attached hydrogens (tertiary/aromatic N) is 1. The lowest BCUT2D eigenvalue weighted by Crippen LogP contribution is -2.20. The van der Waals surface area contributed by atoms with Gasteiger partial charge >= 0.3 is 0 Å². The van der Waals surface area contributed by atoms with Gasteiger partial charge in [-0.3, -0.25) is 9.59 Å². The van der Waals surface area contributed by atoms with Crippen LogP contribution in [0.3, 0.4) is 0 Å². The van der Waals surface area contributed by atoms with E-state index < -0.39 is 0 Å². The maximum atomic E-state index is 12.6. The first-order valence-electron chi connectivity index (χ1n) is 12.3. The van der Waals surface area contributed by atoms with Crippen molar-refractivity contribution in [3.63, 3.8) is 0 Å². The molecule has 0 aliphatic heterocycles. The summed E-state index contributed by atoms with van der Waals surface area (Å²) in [6.45, 7) is 3.27. The molecule has 3 aromatic carbocycles. The van der Waals surface area contributed by atoms with Crippen LogP contribution in [0.1, 0.15) is 47.9 Å². The Morgan fingerprint density at radius 3 is 2.11 bits per heavy atom. The molecule has 1 N–H and O–H groups in total. The highest BCUT2D eigenvalue weighted by Gasteiger charge is 2.17. The minimum Gasteiger partial charge on any atom is -0.494 e. The normalized spacial score (nSPS) is 10.4. The monoisotopic (exact) mass is 483 g/mol. The second kappa shape index (κ2) is 14.3. The molecule has 0 atom stereocenters. The Kier molecular flexibility index (Phi) is 10.5. The van der Waals surface area contributed by atoms with Crippen molar-refractivity contribution in [2.24, 2.45) is 0 Å². The topological polar surface area (TPSA) is 68.5 Å². The van der Waals surface area contributed by atoms with E-state index in [1.807, 2.05) is 41.1 Å². The fourth-order valence-corrected chi connectivity index (χ4v) is 4.23. The Bertz CT molecular complexity index is 1210. The van der Waals surface area contributed by atoms with Crippen LogP contribution in [0.4, 0.5) is 0 Å². The zero-order valence-corrected chi connectivity index (χ0v) is 20.6. The van der Waals surface area contributed by atoms with Gasteiger partial charge in [0.2, 0.25) is 0 Å². The second-order valence-electron chi connectivity index (χ2n) is 8.45. The molecule has 186 valence electrons. The van der Waals surface area contributed by atoms with Crippen LogP contribution >= 0.6 is 0 Å². The molecule has 0 aliphatic carbocycles. The number of pyridine rings is 1. The minimum atomic E-state index is -0.250. The average molecular weight is 484 g/mol. The highest BCUT2D eigenvalue weighted by Crippen LogP contribution is 2.31. The number of benzene rings is 3. The third kappa shape index (κ3) is 7.70. The van der Waals surface area contributed by atoms with Crippen LogP contribution < -0.4 is 10.3 Å². The SMILES string of the molecule is CCCOc1cccc(CCCn2cc(C(c3ccccc3)c3ccccc3)ccc2=O)c1.O=CO. The molecule has 0 aliphatic rings. The van der Waals surface area contributed by atoms with Gasteiger partial charge < -0.3 is 14.4 Å². The molecule has 0 unspecified atom stereocenters. The van der Waals surface area contributed by atoms with Gasteiger partial charge in [-0.15, -0.1) is 0 Å². The summed E-state index contributed by atoms with van der Waals surface area (Å²) in [5, 5.41) is 6.89. The van der Waals surface area contributed by atoms with Crippen LogP contribution in [0.2, 0.25) is 0 Å². The predicted octanol–water partition coefficient (Wildman–Crippen LogP) is 6.15. The van der Waals surface area contributed by atoms with Gasteiger partial charge in [-0.2, -0.15) is 0 Å². The molecular formula is C31H33NO4. The molecular weight excluding hydrogens is 450 g/mol. The Labute approximate surface area is 212 Å². The van der Waals surface area contributed by atoms with Crippen LogP contribution in [-0.4, -0.2) is 22.8 Å². The van der Waals surface area contributed by atoms with Crippen LogP contribution in [0.5, 0.6) is 5.75 Å². The zero-order valence-electron chi connectivity index (χ0n) is 20.6. The average Bonchev–Trinajstić information content (AvgIpc) is 2.91. The summed E-state index contributed by atoms with van der Waals surface area (Å²) in [4.78, 5) is 21.0. The minimum absolute atomic E-state index is 0.0404. The van der Waals surface area contributed by atoms with Gasteiger partial charge in [0, 0.05) is 24.7 Å². The van der Waals surface area contributed by atoms with Gasteiger partial charge in [-0.25, -0.2) is 0 Å². The summed E-state index contributed by atoms with van der Waals surface area (Å²) in [6, 6.07) is 32.9. The van der Waals surface area contributed by atoms with Crippen LogP contribution in [0.25, 0.3) is 0 Å². The van der Waals surface area contributed by atoms with E-state index in [1.54, 1.807) is 6.07 Å². The first kappa shape index (κ1) is 26.5. The molecule has 5 heteroatoms. The Balaban J connectivity index is 0.00000115. The first-order chi connectivity index (χ1) is 17.7. The Morgan fingerprint density at radius 2 is 1.50 bits per heavy atom. The number of hydrogen-bond acceptors (Lipinski definition) is 3. The molecule has 5 nitrogen and oxygen atoms in total. The Morgan fingerprint density at radius 1 is 0.861 bits per heavy atom. The van der Waals surface area contributed by atoms with Gasteiger partial charge in [0.15, 0.2) is 0 Å². The fraction of sp³-hybridized carbons (Fsp3) is 0.226. The van der Waals surface area contributed by atoms with E-state index in [4.69, 9.17) is 14.6 Å². The van der Waals surface area contributed by atoms with Crippen molar-refractivity contribution in [3.8, 4) is 5.75 Å². The predicted molar refractivity (Wildman–Crippen MR) is 144 cm³/mol. The third-order valence-corrected chi connectivity index (χ3v) is 5.84. The molecule has 4 rings (SSSR count). The number of ether oxygens (including phenoxy) is 1. The van der Waals surface area contributed by atoms with E-state index in [2.05, 4.69) is 67.6 Å². The first-order valence-corrected chi connectivity index (χ1v) is 12.3. The number of aryl methyl sites for hydroxylation is 2. The molecule has 0 fully saturated rings. The van der Waals surface area contributed by atoms with Crippen molar-refractivity contribution < 1.29 is 14.6 Å². The van der Waals surface area contributed by atoms with Crippen LogP contribution in [0, 0.1) is 0 Å². The molecule has 0 bridgehead atoms. The summed E-state index contributed by atoms with van der Waals surface area (Å²) in [7, 11) is 0. The van der Waals surface area contributed by atoms with Gasteiger partial charge in [0.25, 0.3) is 12.0 Å². The number of carboxylic acid groups (broad SMARTS) is 1. The summed E-state index contributed by atoms with van der Waals surface area (Å²) in [6.07, 6.45) is 4.83. The molecule has 0 radical (unpaired) electrons. The number of carbonyl (C=O) groups is 1. The van der Waals surface area contributed by atoms with Crippen molar-refractivity contribution in [1.29, 1.82) is 0 Å². The van der Waals surface area contributed by atoms with Crippen LogP contribution in [-0.2, 0) is 17.8 Å². The summed E-state index contributed by atoms with van der Waals surface area (Å²) >= 11 is 0. The number of aromatic nitrogens is 1. The zero-order chi connectivity index (χ0) is 25.6. The maximum Gasteiger partial charge on any atom is 0.290 e.